The second-order valence-corrected chi connectivity index (χ2v) is 8.80. The van der Waals surface area contributed by atoms with E-state index < -0.39 is 21.9 Å². The summed E-state index contributed by atoms with van der Waals surface area (Å²) in [5.41, 5.74) is 0.996. The zero-order chi connectivity index (χ0) is 21.0. The van der Waals surface area contributed by atoms with Crippen molar-refractivity contribution in [2.45, 2.75) is 17.9 Å². The lowest BCUT2D eigenvalue weighted by Gasteiger charge is -2.34. The van der Waals surface area contributed by atoms with E-state index in [1.54, 1.807) is 31.2 Å². The molecule has 7 nitrogen and oxygen atoms in total. The Labute approximate surface area is 169 Å². The average Bonchev–Trinajstić information content (AvgIpc) is 2.73. The van der Waals surface area contributed by atoms with Crippen LogP contribution in [0.15, 0.2) is 53.4 Å². The van der Waals surface area contributed by atoms with Crippen LogP contribution in [0.4, 0.5) is 10.1 Å². The lowest BCUT2D eigenvalue weighted by atomic mass is 10.2. The standard InChI is InChI=1S/C20H21FN4O3S/c1-15(20(26)23-17-6-4-5-16(13-17)14-22)24-9-11-25(12-10-24)29(27,28)19-8-3-2-7-18(19)21/h2-8,13,15H,9-12H2,1H3,(H,23,26)/p+1/t15-/m0/s1. The van der Waals surface area contributed by atoms with Gasteiger partial charge in [0.05, 0.1) is 37.8 Å². The zero-order valence-corrected chi connectivity index (χ0v) is 16.7. The fraction of sp³-hybridized carbons (Fsp3) is 0.300. The van der Waals surface area contributed by atoms with E-state index in [4.69, 9.17) is 5.26 Å². The first kappa shape index (κ1) is 20.9. The van der Waals surface area contributed by atoms with Crippen LogP contribution in [-0.2, 0) is 14.8 Å². The Morgan fingerprint density at radius 3 is 2.55 bits per heavy atom. The van der Waals surface area contributed by atoms with Gasteiger partial charge in [0.15, 0.2) is 6.04 Å². The summed E-state index contributed by atoms with van der Waals surface area (Å²) in [4.78, 5) is 13.2. The predicted molar refractivity (Wildman–Crippen MR) is 105 cm³/mol. The fourth-order valence-electron chi connectivity index (χ4n) is 3.34. The quantitative estimate of drug-likeness (QED) is 0.746. The number of nitriles is 1. The molecule has 0 spiro atoms. The monoisotopic (exact) mass is 417 g/mol. The van der Waals surface area contributed by atoms with Crippen LogP contribution in [0.25, 0.3) is 0 Å². The number of hydrogen-bond acceptors (Lipinski definition) is 4. The molecule has 9 heteroatoms. The van der Waals surface area contributed by atoms with Crippen LogP contribution in [0.5, 0.6) is 0 Å². The van der Waals surface area contributed by atoms with E-state index in [9.17, 15) is 17.6 Å². The van der Waals surface area contributed by atoms with Crippen molar-refractivity contribution >= 4 is 21.6 Å². The number of quaternary nitrogens is 1. The number of amides is 1. The number of hydrogen-bond donors (Lipinski definition) is 2. The first-order valence-electron chi connectivity index (χ1n) is 9.23. The maximum atomic E-state index is 13.9. The molecule has 1 fully saturated rings. The minimum Gasteiger partial charge on any atom is -0.323 e. The molecule has 1 amide bonds. The first-order valence-corrected chi connectivity index (χ1v) is 10.7. The van der Waals surface area contributed by atoms with Gasteiger partial charge in [0.25, 0.3) is 5.91 Å². The van der Waals surface area contributed by atoms with Crippen molar-refractivity contribution in [2.24, 2.45) is 0 Å². The van der Waals surface area contributed by atoms with Gasteiger partial charge in [0.2, 0.25) is 10.0 Å². The maximum absolute atomic E-state index is 13.9. The molecule has 2 aromatic carbocycles. The Morgan fingerprint density at radius 1 is 1.21 bits per heavy atom. The molecule has 2 N–H and O–H groups in total. The molecule has 2 aromatic rings. The van der Waals surface area contributed by atoms with Crippen molar-refractivity contribution < 1.29 is 22.5 Å². The summed E-state index contributed by atoms with van der Waals surface area (Å²) in [7, 11) is -3.90. The highest BCUT2D eigenvalue weighted by atomic mass is 32.2. The molecule has 0 saturated carbocycles. The van der Waals surface area contributed by atoms with E-state index in [0.29, 0.717) is 24.3 Å². The Hall–Kier alpha value is -2.80. The Morgan fingerprint density at radius 2 is 1.90 bits per heavy atom. The van der Waals surface area contributed by atoms with Crippen LogP contribution in [-0.4, -0.2) is 50.9 Å². The third-order valence-electron chi connectivity index (χ3n) is 5.08. The highest BCUT2D eigenvalue weighted by Crippen LogP contribution is 2.18. The number of anilines is 1. The van der Waals surface area contributed by atoms with E-state index in [1.165, 1.54) is 22.5 Å². The maximum Gasteiger partial charge on any atom is 0.282 e. The second kappa shape index (κ2) is 8.69. The smallest absolute Gasteiger partial charge is 0.282 e. The van der Waals surface area contributed by atoms with Crippen molar-refractivity contribution in [3.8, 4) is 6.07 Å². The van der Waals surface area contributed by atoms with E-state index in [-0.39, 0.29) is 23.9 Å². The molecule has 0 unspecified atom stereocenters. The second-order valence-electron chi connectivity index (χ2n) is 6.90. The van der Waals surface area contributed by atoms with Crippen LogP contribution < -0.4 is 10.2 Å². The van der Waals surface area contributed by atoms with Gasteiger partial charge < -0.3 is 10.2 Å². The Bertz CT molecular complexity index is 1040. The van der Waals surface area contributed by atoms with E-state index in [0.717, 1.165) is 11.0 Å². The number of sulfonamides is 1. The molecule has 1 aliphatic rings. The number of halogens is 1. The SMILES string of the molecule is C[C@@H](C(=O)Nc1cccc(C#N)c1)[NH+]1CCN(S(=O)(=O)c2ccccc2F)CC1. The van der Waals surface area contributed by atoms with Crippen LogP contribution in [0, 0.1) is 17.1 Å². The summed E-state index contributed by atoms with van der Waals surface area (Å²) in [6, 6.07) is 13.6. The van der Waals surface area contributed by atoms with Gasteiger partial charge in [-0.05, 0) is 37.3 Å². The van der Waals surface area contributed by atoms with Crippen molar-refractivity contribution in [3.63, 3.8) is 0 Å². The van der Waals surface area contributed by atoms with Gasteiger partial charge >= 0.3 is 0 Å². The summed E-state index contributed by atoms with van der Waals surface area (Å²) in [5, 5.41) is 11.8. The molecule has 1 aliphatic heterocycles. The third kappa shape index (κ3) is 4.62. The van der Waals surface area contributed by atoms with E-state index in [1.807, 2.05) is 6.07 Å². The molecule has 29 heavy (non-hydrogen) atoms. The highest BCUT2D eigenvalue weighted by molar-refractivity contribution is 7.89. The van der Waals surface area contributed by atoms with Crippen molar-refractivity contribution in [1.82, 2.24) is 4.31 Å². The van der Waals surface area contributed by atoms with E-state index >= 15 is 0 Å². The van der Waals surface area contributed by atoms with Crippen molar-refractivity contribution in [2.75, 3.05) is 31.5 Å². The van der Waals surface area contributed by atoms with Crippen LogP contribution in [0.1, 0.15) is 12.5 Å². The molecule has 1 heterocycles. The number of carbonyl (C=O) groups is 1. The zero-order valence-electron chi connectivity index (χ0n) is 15.9. The van der Waals surface area contributed by atoms with Gasteiger partial charge in [-0.3, -0.25) is 4.79 Å². The molecule has 0 radical (unpaired) electrons. The van der Waals surface area contributed by atoms with Gasteiger partial charge in [-0.2, -0.15) is 9.57 Å². The molecule has 0 bridgehead atoms. The lowest BCUT2D eigenvalue weighted by Crippen LogP contribution is -3.19. The van der Waals surface area contributed by atoms with Crippen LogP contribution in [0.2, 0.25) is 0 Å². The van der Waals surface area contributed by atoms with Gasteiger partial charge in [0.1, 0.15) is 10.7 Å². The average molecular weight is 417 g/mol. The van der Waals surface area contributed by atoms with Gasteiger partial charge in [-0.25, -0.2) is 12.8 Å². The van der Waals surface area contributed by atoms with Gasteiger partial charge in [-0.1, -0.05) is 18.2 Å². The third-order valence-corrected chi connectivity index (χ3v) is 7.02. The molecular weight excluding hydrogens is 395 g/mol. The topological polar surface area (TPSA) is 94.7 Å². The van der Waals surface area contributed by atoms with Crippen LogP contribution in [0.3, 0.4) is 0 Å². The highest BCUT2D eigenvalue weighted by Gasteiger charge is 2.35. The van der Waals surface area contributed by atoms with E-state index in [2.05, 4.69) is 5.32 Å². The van der Waals surface area contributed by atoms with Crippen molar-refractivity contribution in [1.29, 1.82) is 5.26 Å². The van der Waals surface area contributed by atoms with Gasteiger partial charge in [0, 0.05) is 5.69 Å². The van der Waals surface area contributed by atoms with Crippen LogP contribution >= 0.6 is 0 Å². The molecule has 1 saturated heterocycles. The number of nitrogens with one attached hydrogen (secondary N) is 2. The summed E-state index contributed by atoms with van der Waals surface area (Å²) >= 11 is 0. The number of rotatable bonds is 5. The molecule has 0 aromatic heterocycles. The summed E-state index contributed by atoms with van der Waals surface area (Å²) < 4.78 is 40.6. The Balaban J connectivity index is 1.62. The molecule has 0 aliphatic carbocycles. The summed E-state index contributed by atoms with van der Waals surface area (Å²) in [6.07, 6.45) is 0. The predicted octanol–water partition coefficient (Wildman–Crippen LogP) is 0.614. The normalized spacial score (nSPS) is 16.7. The molecule has 152 valence electrons. The summed E-state index contributed by atoms with van der Waals surface area (Å²) in [5.74, 6) is -0.977. The molecular formula is C20H22FN4O3S+. The molecule has 1 atom stereocenters. The molecule has 3 rings (SSSR count). The first-order chi connectivity index (χ1) is 13.8. The number of nitrogens with zero attached hydrogens (tertiary/aromatic N) is 2. The largest absolute Gasteiger partial charge is 0.323 e. The lowest BCUT2D eigenvalue weighted by molar-refractivity contribution is -0.917. The number of piperazine rings is 1. The number of benzene rings is 2. The Kier molecular flexibility index (Phi) is 6.27. The minimum atomic E-state index is -3.90. The van der Waals surface area contributed by atoms with Crippen molar-refractivity contribution in [3.05, 3.63) is 59.9 Å². The number of carbonyl (C=O) groups excluding carboxylic acids is 1. The minimum absolute atomic E-state index is 0.202. The summed E-state index contributed by atoms with van der Waals surface area (Å²) in [6.45, 7) is 3.04. The fourth-order valence-corrected chi connectivity index (χ4v) is 4.85. The van der Waals surface area contributed by atoms with Gasteiger partial charge in [-0.15, -0.1) is 0 Å².